The summed E-state index contributed by atoms with van der Waals surface area (Å²) in [6, 6.07) is 3.12. The van der Waals surface area contributed by atoms with Crippen LogP contribution in [0.25, 0.3) is 0 Å². The molecule has 0 spiro atoms. The molecule has 3 N–H and O–H groups in total. The third-order valence-electron chi connectivity index (χ3n) is 5.46. The van der Waals surface area contributed by atoms with Crippen LogP contribution in [-0.4, -0.2) is 55.9 Å². The highest BCUT2D eigenvalue weighted by atomic mass is 32.2. The summed E-state index contributed by atoms with van der Waals surface area (Å²) in [5, 5.41) is 3.02. The predicted octanol–water partition coefficient (Wildman–Crippen LogP) is 1.34. The summed E-state index contributed by atoms with van der Waals surface area (Å²) in [5.74, 6) is 0.194. The van der Waals surface area contributed by atoms with Crippen LogP contribution in [0.4, 0.5) is 4.39 Å². The van der Waals surface area contributed by atoms with Crippen LogP contribution in [0.5, 0.6) is 5.88 Å². The second-order valence-electron chi connectivity index (χ2n) is 7.80. The van der Waals surface area contributed by atoms with Gasteiger partial charge in [-0.1, -0.05) is 6.92 Å². The normalized spacial score (nSPS) is 20.3. The van der Waals surface area contributed by atoms with Gasteiger partial charge in [0.15, 0.2) is 0 Å². The molecule has 0 radical (unpaired) electrons. The van der Waals surface area contributed by atoms with Gasteiger partial charge in [0.25, 0.3) is 0 Å². The number of amides is 1. The number of carbonyl (C=O) groups is 1. The van der Waals surface area contributed by atoms with Gasteiger partial charge in [0.2, 0.25) is 21.8 Å². The molecule has 1 aromatic rings. The maximum absolute atomic E-state index is 12.9. The molecule has 1 aliphatic carbocycles. The van der Waals surface area contributed by atoms with E-state index in [9.17, 15) is 17.6 Å². The van der Waals surface area contributed by atoms with E-state index in [2.05, 4.69) is 10.3 Å². The number of hydrogen-bond acceptors (Lipinski definition) is 6. The van der Waals surface area contributed by atoms with Crippen molar-refractivity contribution in [2.24, 2.45) is 11.1 Å². The molecule has 3 rings (SSSR count). The molecular weight excluding hydrogens is 399 g/mol. The van der Waals surface area contributed by atoms with Crippen LogP contribution < -0.4 is 15.8 Å². The molecule has 8 nitrogen and oxygen atoms in total. The summed E-state index contributed by atoms with van der Waals surface area (Å²) in [4.78, 5) is 16.5. The number of nitrogens with one attached hydrogen (secondary N) is 1. The zero-order chi connectivity index (χ0) is 21.1. The summed E-state index contributed by atoms with van der Waals surface area (Å²) in [5.41, 5.74) is 5.08. The van der Waals surface area contributed by atoms with E-state index in [1.54, 1.807) is 0 Å². The largest absolute Gasteiger partial charge is 0.473 e. The lowest BCUT2D eigenvalue weighted by Crippen LogP contribution is -2.49. The smallest absolute Gasteiger partial charge is 0.244 e. The van der Waals surface area contributed by atoms with Gasteiger partial charge in [-0.3, -0.25) is 4.79 Å². The van der Waals surface area contributed by atoms with Crippen LogP contribution in [0, 0.1) is 5.41 Å². The van der Waals surface area contributed by atoms with Crippen LogP contribution in [-0.2, 0) is 14.8 Å². The molecule has 1 saturated heterocycles. The number of rotatable bonds is 8. The van der Waals surface area contributed by atoms with Gasteiger partial charge >= 0.3 is 0 Å². The van der Waals surface area contributed by atoms with Gasteiger partial charge in [-0.15, -0.1) is 0 Å². The first-order valence-electron chi connectivity index (χ1n) is 9.67. The zero-order valence-corrected chi connectivity index (χ0v) is 17.3. The lowest BCUT2D eigenvalue weighted by atomic mass is 9.80. The molecular formula is C19H27FN4O4S. The highest BCUT2D eigenvalue weighted by Crippen LogP contribution is 2.34. The third kappa shape index (κ3) is 5.12. The number of hydrogen-bond donors (Lipinski definition) is 2. The molecule has 0 bridgehead atoms. The van der Waals surface area contributed by atoms with Gasteiger partial charge < -0.3 is 15.8 Å². The lowest BCUT2D eigenvalue weighted by Gasteiger charge is -2.37. The van der Waals surface area contributed by atoms with E-state index in [4.69, 9.17) is 10.5 Å². The lowest BCUT2D eigenvalue weighted by molar-refractivity contribution is -0.132. The van der Waals surface area contributed by atoms with Gasteiger partial charge in [0, 0.05) is 42.7 Å². The molecule has 2 aliphatic rings. The highest BCUT2D eigenvalue weighted by Gasteiger charge is 2.41. The van der Waals surface area contributed by atoms with Gasteiger partial charge in [-0.2, -0.15) is 4.31 Å². The Morgan fingerprint density at radius 3 is 2.62 bits per heavy atom. The Kier molecular flexibility index (Phi) is 6.55. The van der Waals surface area contributed by atoms with E-state index in [1.165, 1.54) is 22.6 Å². The number of ether oxygens (including phenoxy) is 1. The fraction of sp³-hybridized carbons (Fsp3) is 0.579. The predicted molar refractivity (Wildman–Crippen MR) is 105 cm³/mol. The molecule has 0 aromatic carbocycles. The molecule has 0 unspecified atom stereocenters. The quantitative estimate of drug-likeness (QED) is 0.648. The Hall–Kier alpha value is -2.04. The number of nitrogens with two attached hydrogens (primary N) is 1. The number of sulfonamides is 1. The highest BCUT2D eigenvalue weighted by molar-refractivity contribution is 7.89. The van der Waals surface area contributed by atoms with Gasteiger partial charge in [-0.05, 0) is 31.7 Å². The first-order chi connectivity index (χ1) is 13.8. The van der Waals surface area contributed by atoms with Crippen LogP contribution in [0.1, 0.15) is 32.6 Å². The minimum atomic E-state index is -3.71. The van der Waals surface area contributed by atoms with Crippen molar-refractivity contribution >= 4 is 15.9 Å². The summed E-state index contributed by atoms with van der Waals surface area (Å²) in [7, 11) is -3.71. The van der Waals surface area contributed by atoms with Crippen molar-refractivity contribution in [3.8, 4) is 5.88 Å². The molecule has 2 heterocycles. The van der Waals surface area contributed by atoms with E-state index in [1.807, 2.05) is 6.92 Å². The molecule has 0 atom stereocenters. The fourth-order valence-corrected chi connectivity index (χ4v) is 4.48. The topological polar surface area (TPSA) is 115 Å². The van der Waals surface area contributed by atoms with Crippen molar-refractivity contribution in [2.45, 2.75) is 43.5 Å². The summed E-state index contributed by atoms with van der Waals surface area (Å²) in [6.07, 6.45) is 4.58. The molecule has 10 heteroatoms. The van der Waals surface area contributed by atoms with Crippen LogP contribution in [0.3, 0.4) is 0 Å². The van der Waals surface area contributed by atoms with Gasteiger partial charge in [-0.25, -0.2) is 17.8 Å². The Bertz CT molecular complexity index is 861. The van der Waals surface area contributed by atoms with Crippen molar-refractivity contribution < 1.29 is 22.3 Å². The Morgan fingerprint density at radius 1 is 1.41 bits per heavy atom. The first-order valence-corrected chi connectivity index (χ1v) is 11.1. The van der Waals surface area contributed by atoms with Crippen molar-refractivity contribution in [1.29, 1.82) is 0 Å². The average Bonchev–Trinajstić information content (AvgIpc) is 3.53. The maximum Gasteiger partial charge on any atom is 0.244 e. The minimum absolute atomic E-state index is 0.0133. The van der Waals surface area contributed by atoms with E-state index < -0.39 is 15.4 Å². The van der Waals surface area contributed by atoms with Crippen molar-refractivity contribution in [1.82, 2.24) is 14.6 Å². The molecule has 29 heavy (non-hydrogen) atoms. The van der Waals surface area contributed by atoms with Crippen LogP contribution in [0.15, 0.2) is 35.1 Å². The number of aromatic nitrogens is 1. The molecule has 160 valence electrons. The SMILES string of the molecule is CC1(C(=O)NC2CC2)CCN(S(=O)(=O)c2ccc(OC/C(=C\F)CN)nc2)CC1. The Labute approximate surface area is 170 Å². The standard InChI is InChI=1S/C19H27FN4O4S/c1-19(18(25)23-15-2-3-15)6-8-24(9-7-19)29(26,27)16-4-5-17(22-12-16)28-13-14(10-20)11-21/h4-5,10,12,15H,2-3,6-9,11,13,21H2,1H3,(H,23,25)/b14-10-. The van der Waals surface area contributed by atoms with Crippen molar-refractivity contribution in [2.75, 3.05) is 26.2 Å². The second kappa shape index (κ2) is 8.76. The number of pyridine rings is 1. The Balaban J connectivity index is 1.60. The molecule has 1 amide bonds. The van der Waals surface area contributed by atoms with Crippen molar-refractivity contribution in [3.63, 3.8) is 0 Å². The molecule has 1 aliphatic heterocycles. The van der Waals surface area contributed by atoms with Crippen LogP contribution >= 0.6 is 0 Å². The van der Waals surface area contributed by atoms with Gasteiger partial charge in [0.1, 0.15) is 11.5 Å². The van der Waals surface area contributed by atoms with E-state index in [0.717, 1.165) is 12.8 Å². The molecule has 2 fully saturated rings. The monoisotopic (exact) mass is 426 g/mol. The van der Waals surface area contributed by atoms with Crippen LogP contribution in [0.2, 0.25) is 0 Å². The summed E-state index contributed by atoms with van der Waals surface area (Å²) >= 11 is 0. The number of carbonyl (C=O) groups excluding carboxylic acids is 1. The number of halogens is 1. The fourth-order valence-electron chi connectivity index (χ4n) is 3.09. The third-order valence-corrected chi connectivity index (χ3v) is 7.34. The van der Waals surface area contributed by atoms with Gasteiger partial charge in [0.05, 0.1) is 12.5 Å². The van der Waals surface area contributed by atoms with Crippen molar-refractivity contribution in [3.05, 3.63) is 30.2 Å². The summed E-state index contributed by atoms with van der Waals surface area (Å²) in [6.45, 7) is 2.41. The number of piperidine rings is 1. The minimum Gasteiger partial charge on any atom is -0.473 e. The second-order valence-corrected chi connectivity index (χ2v) is 9.74. The average molecular weight is 427 g/mol. The Morgan fingerprint density at radius 2 is 2.10 bits per heavy atom. The zero-order valence-electron chi connectivity index (χ0n) is 16.4. The summed E-state index contributed by atoms with van der Waals surface area (Å²) < 4.78 is 45.0. The van der Waals surface area contributed by atoms with E-state index in [0.29, 0.717) is 19.2 Å². The molecule has 1 saturated carbocycles. The van der Waals surface area contributed by atoms with E-state index in [-0.39, 0.29) is 54.5 Å². The van der Waals surface area contributed by atoms with E-state index >= 15 is 0 Å². The molecule has 1 aromatic heterocycles. The maximum atomic E-state index is 12.9. The number of nitrogens with zero attached hydrogens (tertiary/aromatic N) is 2. The first kappa shape index (κ1) is 21.7.